The van der Waals surface area contributed by atoms with Gasteiger partial charge in [-0.1, -0.05) is 48.0 Å². The molecule has 4 aromatic rings. The topological polar surface area (TPSA) is 89.0 Å². The van der Waals surface area contributed by atoms with Crippen LogP contribution in [0, 0.1) is 20.8 Å². The number of hydrogen-bond acceptors (Lipinski definition) is 4. The van der Waals surface area contributed by atoms with Crippen molar-refractivity contribution in [3.63, 3.8) is 0 Å². The molecular weight excluding hydrogens is 440 g/mol. The zero-order valence-electron chi connectivity index (χ0n) is 20.3. The number of ether oxygens (including phenoxy) is 1. The van der Waals surface area contributed by atoms with E-state index in [1.807, 2.05) is 49.0 Å². The van der Waals surface area contributed by atoms with Crippen LogP contribution in [0.3, 0.4) is 0 Å². The molecule has 0 saturated heterocycles. The molecule has 0 bridgehead atoms. The molecule has 0 aliphatic rings. The van der Waals surface area contributed by atoms with Crippen molar-refractivity contribution in [3.8, 4) is 0 Å². The molecule has 0 atom stereocenters. The number of benzene rings is 2. The van der Waals surface area contributed by atoms with Crippen LogP contribution in [0.2, 0.25) is 0 Å². The smallest absolute Gasteiger partial charge is 0.331 e. The molecule has 0 unspecified atom stereocenters. The van der Waals surface area contributed by atoms with Gasteiger partial charge in [-0.05, 0) is 50.5 Å². The number of nitrogens with one attached hydrogen (secondary N) is 2. The van der Waals surface area contributed by atoms with Gasteiger partial charge in [-0.3, -0.25) is 9.48 Å². The number of esters is 1. The lowest BCUT2D eigenvalue weighted by Gasteiger charge is -2.06. The standard InChI is InChI=1S/C28H30N4O3/c1-19-8-10-22(11-9-19)17-32-21(3)24(20(2)31-32)12-13-28(34)35-18-27(33)29-15-14-23-16-30-26-7-5-4-6-25(23)26/h4-13,16,30H,14-15,17-18H2,1-3H3,(H,29,33)/b13-12+. The molecule has 35 heavy (non-hydrogen) atoms. The van der Waals surface area contributed by atoms with Gasteiger partial charge in [0.05, 0.1) is 12.2 Å². The summed E-state index contributed by atoms with van der Waals surface area (Å²) in [5.41, 5.74) is 7.24. The Balaban J connectivity index is 1.24. The largest absolute Gasteiger partial charge is 0.452 e. The van der Waals surface area contributed by atoms with Crippen molar-refractivity contribution in [2.75, 3.05) is 13.2 Å². The van der Waals surface area contributed by atoms with Gasteiger partial charge in [-0.25, -0.2) is 4.79 Å². The Morgan fingerprint density at radius 2 is 1.86 bits per heavy atom. The van der Waals surface area contributed by atoms with Gasteiger partial charge in [0.25, 0.3) is 5.91 Å². The fraction of sp³-hybridized carbons (Fsp3) is 0.250. The first kappa shape index (κ1) is 24.0. The first-order valence-electron chi connectivity index (χ1n) is 11.7. The lowest BCUT2D eigenvalue weighted by Crippen LogP contribution is -2.30. The summed E-state index contributed by atoms with van der Waals surface area (Å²) in [6.07, 6.45) is 5.68. The summed E-state index contributed by atoms with van der Waals surface area (Å²) < 4.78 is 7.03. The number of nitrogens with zero attached hydrogens (tertiary/aromatic N) is 2. The van der Waals surface area contributed by atoms with Crippen LogP contribution >= 0.6 is 0 Å². The van der Waals surface area contributed by atoms with Crippen LogP contribution in [0.25, 0.3) is 17.0 Å². The third-order valence-corrected chi connectivity index (χ3v) is 6.01. The molecule has 7 nitrogen and oxygen atoms in total. The Bertz CT molecular complexity index is 1360. The Labute approximate surface area is 204 Å². The van der Waals surface area contributed by atoms with Gasteiger partial charge in [0.1, 0.15) is 0 Å². The van der Waals surface area contributed by atoms with Gasteiger partial charge in [0.2, 0.25) is 0 Å². The molecule has 4 rings (SSSR count). The highest BCUT2D eigenvalue weighted by molar-refractivity contribution is 5.89. The third kappa shape index (κ3) is 6.06. The maximum atomic E-state index is 12.2. The van der Waals surface area contributed by atoms with Crippen LogP contribution in [-0.2, 0) is 27.3 Å². The van der Waals surface area contributed by atoms with E-state index >= 15 is 0 Å². The van der Waals surface area contributed by atoms with Gasteiger partial charge in [0.15, 0.2) is 6.61 Å². The van der Waals surface area contributed by atoms with Crippen LogP contribution < -0.4 is 5.32 Å². The van der Waals surface area contributed by atoms with Crippen LogP contribution in [0.5, 0.6) is 0 Å². The highest BCUT2D eigenvalue weighted by Crippen LogP contribution is 2.18. The predicted molar refractivity (Wildman–Crippen MR) is 137 cm³/mol. The number of para-hydroxylation sites is 1. The number of aromatic amines is 1. The third-order valence-electron chi connectivity index (χ3n) is 6.01. The Morgan fingerprint density at radius 3 is 2.66 bits per heavy atom. The maximum absolute atomic E-state index is 12.2. The van der Waals surface area contributed by atoms with E-state index in [1.54, 1.807) is 6.08 Å². The minimum Gasteiger partial charge on any atom is -0.452 e. The summed E-state index contributed by atoms with van der Waals surface area (Å²) >= 11 is 0. The first-order valence-corrected chi connectivity index (χ1v) is 11.7. The number of rotatable bonds is 9. The van der Waals surface area contributed by atoms with Gasteiger partial charge in [-0.2, -0.15) is 5.10 Å². The Morgan fingerprint density at radius 1 is 1.09 bits per heavy atom. The fourth-order valence-corrected chi connectivity index (χ4v) is 4.03. The number of hydrogen-bond donors (Lipinski definition) is 2. The average Bonchev–Trinajstić information content (AvgIpc) is 3.38. The Kier molecular flexibility index (Phi) is 7.45. The first-order chi connectivity index (χ1) is 16.9. The van der Waals surface area contributed by atoms with E-state index in [4.69, 9.17) is 4.74 Å². The van der Waals surface area contributed by atoms with Crippen LogP contribution in [0.4, 0.5) is 0 Å². The number of amides is 1. The van der Waals surface area contributed by atoms with Crippen molar-refractivity contribution in [3.05, 3.63) is 94.4 Å². The highest BCUT2D eigenvalue weighted by atomic mass is 16.5. The predicted octanol–water partition coefficient (Wildman–Crippen LogP) is 4.25. The number of H-pyrrole nitrogens is 1. The normalized spacial score (nSPS) is 11.3. The molecular formula is C28H30N4O3. The van der Waals surface area contributed by atoms with Gasteiger partial charge >= 0.3 is 5.97 Å². The van der Waals surface area contributed by atoms with Crippen LogP contribution in [0.1, 0.15) is 33.6 Å². The number of aryl methyl sites for hydroxylation is 2. The second kappa shape index (κ2) is 10.9. The number of aromatic nitrogens is 3. The molecule has 2 aromatic heterocycles. The maximum Gasteiger partial charge on any atom is 0.331 e. The lowest BCUT2D eigenvalue weighted by atomic mass is 10.1. The Hall–Kier alpha value is -4.13. The van der Waals surface area contributed by atoms with Crippen molar-refractivity contribution in [1.82, 2.24) is 20.1 Å². The van der Waals surface area contributed by atoms with Gasteiger partial charge in [-0.15, -0.1) is 0 Å². The summed E-state index contributed by atoms with van der Waals surface area (Å²) in [5, 5.41) is 8.54. The summed E-state index contributed by atoms with van der Waals surface area (Å²) in [4.78, 5) is 27.5. The quantitative estimate of drug-likeness (QED) is 0.283. The fourth-order valence-electron chi connectivity index (χ4n) is 4.03. The minimum atomic E-state index is -0.568. The number of fused-ring (bicyclic) bond motifs is 1. The molecule has 1 amide bonds. The van der Waals surface area contributed by atoms with Gasteiger partial charge < -0.3 is 15.0 Å². The van der Waals surface area contributed by atoms with E-state index < -0.39 is 5.97 Å². The monoisotopic (exact) mass is 470 g/mol. The van der Waals surface area contributed by atoms with Crippen molar-refractivity contribution in [1.29, 1.82) is 0 Å². The molecule has 180 valence electrons. The number of carbonyl (C=O) groups excluding carboxylic acids is 2. The summed E-state index contributed by atoms with van der Waals surface area (Å²) in [6.45, 7) is 6.74. The van der Waals surface area contributed by atoms with E-state index in [2.05, 4.69) is 46.6 Å². The van der Waals surface area contributed by atoms with E-state index in [-0.39, 0.29) is 12.5 Å². The molecule has 0 spiro atoms. The van der Waals surface area contributed by atoms with E-state index in [1.165, 1.54) is 11.6 Å². The van der Waals surface area contributed by atoms with Crippen LogP contribution in [0.15, 0.2) is 60.8 Å². The molecule has 7 heteroatoms. The second-order valence-electron chi connectivity index (χ2n) is 8.63. The summed E-state index contributed by atoms with van der Waals surface area (Å²) in [6, 6.07) is 16.4. The van der Waals surface area contributed by atoms with E-state index in [9.17, 15) is 9.59 Å². The van der Waals surface area contributed by atoms with E-state index in [0.717, 1.165) is 39.0 Å². The zero-order valence-corrected chi connectivity index (χ0v) is 20.3. The van der Waals surface area contributed by atoms with Crippen molar-refractivity contribution >= 4 is 28.9 Å². The lowest BCUT2D eigenvalue weighted by molar-refractivity contribution is -0.143. The summed E-state index contributed by atoms with van der Waals surface area (Å²) in [5.74, 6) is -0.897. The van der Waals surface area contributed by atoms with Crippen molar-refractivity contribution in [2.24, 2.45) is 0 Å². The zero-order chi connectivity index (χ0) is 24.8. The second-order valence-corrected chi connectivity index (χ2v) is 8.63. The SMILES string of the molecule is Cc1ccc(Cn2nc(C)c(/C=C/C(=O)OCC(=O)NCCc3c[nH]c4ccccc34)c2C)cc1. The minimum absolute atomic E-state index is 0.318. The molecule has 0 saturated carbocycles. The molecule has 0 aliphatic heterocycles. The van der Waals surface area contributed by atoms with Gasteiger partial charge in [0, 0.05) is 41.0 Å². The van der Waals surface area contributed by atoms with Crippen molar-refractivity contribution in [2.45, 2.75) is 33.7 Å². The highest BCUT2D eigenvalue weighted by Gasteiger charge is 2.11. The molecule has 2 N–H and O–H groups in total. The molecule has 2 aromatic carbocycles. The molecule has 0 radical (unpaired) electrons. The molecule has 0 aliphatic carbocycles. The van der Waals surface area contributed by atoms with Crippen LogP contribution in [-0.4, -0.2) is 39.8 Å². The van der Waals surface area contributed by atoms with E-state index in [0.29, 0.717) is 19.5 Å². The molecule has 0 fully saturated rings. The summed E-state index contributed by atoms with van der Waals surface area (Å²) in [7, 11) is 0. The average molecular weight is 471 g/mol. The number of carbonyl (C=O) groups is 2. The molecule has 2 heterocycles. The van der Waals surface area contributed by atoms with Crippen molar-refractivity contribution < 1.29 is 14.3 Å².